The van der Waals surface area contributed by atoms with Gasteiger partial charge in [-0.05, 0) is 12.5 Å². The fraction of sp³-hybridized carbons (Fsp3) is 0.231. The smallest absolute Gasteiger partial charge is 0.187 e. The van der Waals surface area contributed by atoms with Crippen molar-refractivity contribution in [2.75, 3.05) is 0 Å². The van der Waals surface area contributed by atoms with Crippen molar-refractivity contribution in [3.8, 4) is 0 Å². The second-order valence-corrected chi connectivity index (χ2v) is 4.75. The largest absolute Gasteiger partial charge is 0.392 e. The highest BCUT2D eigenvalue weighted by molar-refractivity contribution is 7.98. The van der Waals surface area contributed by atoms with Crippen LogP contribution in [0.1, 0.15) is 16.7 Å². The Kier molecular flexibility index (Phi) is 4.12. The lowest BCUT2D eigenvalue weighted by atomic mass is 10.2. The average molecular weight is 246 g/mol. The summed E-state index contributed by atoms with van der Waals surface area (Å²) in [5.74, 6) is 0.861. The van der Waals surface area contributed by atoms with Gasteiger partial charge in [-0.15, -0.1) is 0 Å². The van der Waals surface area contributed by atoms with Crippen LogP contribution in [0.4, 0.5) is 0 Å². The highest BCUT2D eigenvalue weighted by Gasteiger charge is 2.00. The van der Waals surface area contributed by atoms with Gasteiger partial charge in [0.1, 0.15) is 0 Å². The molecule has 1 aromatic heterocycles. The zero-order valence-electron chi connectivity index (χ0n) is 9.63. The van der Waals surface area contributed by atoms with Crippen LogP contribution in [0.3, 0.4) is 0 Å². The Bertz CT molecular complexity index is 485. The summed E-state index contributed by atoms with van der Waals surface area (Å²) in [6.07, 6.45) is 3.32. The quantitative estimate of drug-likeness (QED) is 0.665. The van der Waals surface area contributed by atoms with Gasteiger partial charge in [-0.25, -0.2) is 9.97 Å². The minimum atomic E-state index is -0.0111. The van der Waals surface area contributed by atoms with Crippen LogP contribution in [0, 0.1) is 6.92 Å². The van der Waals surface area contributed by atoms with Gasteiger partial charge >= 0.3 is 0 Å². The topological polar surface area (TPSA) is 46.0 Å². The molecule has 0 saturated carbocycles. The molecule has 0 aliphatic heterocycles. The molecule has 0 fully saturated rings. The van der Waals surface area contributed by atoms with Crippen LogP contribution in [0.25, 0.3) is 0 Å². The van der Waals surface area contributed by atoms with Crippen LogP contribution in [-0.4, -0.2) is 15.1 Å². The molecule has 3 nitrogen and oxygen atoms in total. The molecule has 88 valence electrons. The number of rotatable bonds is 4. The predicted molar refractivity (Wildman–Crippen MR) is 68.7 cm³/mol. The van der Waals surface area contributed by atoms with Gasteiger partial charge in [0.05, 0.1) is 6.61 Å². The summed E-state index contributed by atoms with van der Waals surface area (Å²) in [5, 5.41) is 9.62. The van der Waals surface area contributed by atoms with Gasteiger partial charge in [-0.2, -0.15) is 0 Å². The number of nitrogens with zero attached hydrogens (tertiary/aromatic N) is 2. The van der Waals surface area contributed by atoms with Crippen molar-refractivity contribution in [3.63, 3.8) is 0 Å². The first-order valence-electron chi connectivity index (χ1n) is 5.38. The Morgan fingerprint density at radius 3 is 2.59 bits per heavy atom. The predicted octanol–water partition coefficient (Wildman–Crippen LogP) is 2.57. The lowest BCUT2D eigenvalue weighted by Crippen LogP contribution is -1.91. The minimum Gasteiger partial charge on any atom is -0.392 e. The van der Waals surface area contributed by atoms with Crippen LogP contribution in [0.15, 0.2) is 41.8 Å². The molecular weight excluding hydrogens is 232 g/mol. The summed E-state index contributed by atoms with van der Waals surface area (Å²) in [6.45, 7) is 2.07. The van der Waals surface area contributed by atoms with Crippen LogP contribution < -0.4 is 0 Å². The molecule has 0 spiro atoms. The van der Waals surface area contributed by atoms with E-state index in [1.807, 2.05) is 0 Å². The van der Waals surface area contributed by atoms with Gasteiger partial charge in [0, 0.05) is 23.7 Å². The molecule has 1 N–H and O–H groups in total. The van der Waals surface area contributed by atoms with Gasteiger partial charge in [0.2, 0.25) is 0 Å². The molecule has 2 rings (SSSR count). The van der Waals surface area contributed by atoms with Gasteiger partial charge in [0.15, 0.2) is 5.16 Å². The van der Waals surface area contributed by atoms with Gasteiger partial charge < -0.3 is 5.11 Å². The number of aliphatic hydroxyl groups excluding tert-OH is 1. The van der Waals surface area contributed by atoms with E-state index in [4.69, 9.17) is 5.11 Å². The van der Waals surface area contributed by atoms with Crippen molar-refractivity contribution < 1.29 is 5.11 Å². The number of hydrogen-bond donors (Lipinski definition) is 1. The van der Waals surface area contributed by atoms with Crippen LogP contribution in [0.5, 0.6) is 0 Å². The van der Waals surface area contributed by atoms with E-state index in [1.54, 1.807) is 24.2 Å². The molecule has 0 atom stereocenters. The normalized spacial score (nSPS) is 10.5. The first kappa shape index (κ1) is 12.1. The highest BCUT2D eigenvalue weighted by Crippen LogP contribution is 2.19. The maximum atomic E-state index is 8.88. The molecule has 0 aliphatic carbocycles. The van der Waals surface area contributed by atoms with Crippen molar-refractivity contribution in [3.05, 3.63) is 53.3 Å². The van der Waals surface area contributed by atoms with Gasteiger partial charge in [-0.1, -0.05) is 41.6 Å². The van der Waals surface area contributed by atoms with E-state index in [2.05, 4.69) is 41.2 Å². The first-order valence-corrected chi connectivity index (χ1v) is 6.36. The number of aryl methyl sites for hydroxylation is 1. The fourth-order valence-corrected chi connectivity index (χ4v) is 2.18. The standard InChI is InChI=1S/C13H14N2OS/c1-10-3-2-4-11(5-10)9-17-13-14-6-12(8-16)7-15-13/h2-7,16H,8-9H2,1H3. The summed E-state index contributed by atoms with van der Waals surface area (Å²) in [5.41, 5.74) is 3.27. The van der Waals surface area contributed by atoms with E-state index in [-0.39, 0.29) is 6.61 Å². The Hall–Kier alpha value is -1.39. The minimum absolute atomic E-state index is 0.0111. The molecule has 0 bridgehead atoms. The van der Waals surface area contributed by atoms with E-state index in [9.17, 15) is 0 Å². The summed E-state index contributed by atoms with van der Waals surface area (Å²) in [4.78, 5) is 8.36. The number of aromatic nitrogens is 2. The maximum absolute atomic E-state index is 8.88. The third-order valence-corrected chi connectivity index (χ3v) is 3.26. The SMILES string of the molecule is Cc1cccc(CSc2ncc(CO)cn2)c1. The number of hydrogen-bond acceptors (Lipinski definition) is 4. The van der Waals surface area contributed by atoms with E-state index < -0.39 is 0 Å². The maximum Gasteiger partial charge on any atom is 0.187 e. The second-order valence-electron chi connectivity index (χ2n) is 3.81. The Labute approximate surface area is 105 Å². The molecule has 0 amide bonds. The zero-order valence-corrected chi connectivity index (χ0v) is 10.4. The van der Waals surface area contributed by atoms with Gasteiger partial charge in [0.25, 0.3) is 0 Å². The second kappa shape index (κ2) is 5.80. The Morgan fingerprint density at radius 1 is 1.18 bits per heavy atom. The van der Waals surface area contributed by atoms with Crippen LogP contribution in [0.2, 0.25) is 0 Å². The number of aliphatic hydroxyl groups is 1. The van der Waals surface area contributed by atoms with Crippen LogP contribution >= 0.6 is 11.8 Å². The zero-order chi connectivity index (χ0) is 12.1. The average Bonchev–Trinajstić information content (AvgIpc) is 2.37. The van der Waals surface area contributed by atoms with Crippen molar-refractivity contribution in [2.45, 2.75) is 24.4 Å². The summed E-state index contributed by atoms with van der Waals surface area (Å²) in [7, 11) is 0. The molecular formula is C13H14N2OS. The molecule has 0 saturated heterocycles. The van der Waals surface area contributed by atoms with Gasteiger partial charge in [-0.3, -0.25) is 0 Å². The summed E-state index contributed by atoms with van der Waals surface area (Å²) in [6, 6.07) is 8.40. The lowest BCUT2D eigenvalue weighted by Gasteiger charge is -2.02. The van der Waals surface area contributed by atoms with Crippen molar-refractivity contribution in [1.29, 1.82) is 0 Å². The Morgan fingerprint density at radius 2 is 1.94 bits per heavy atom. The molecule has 2 aromatic rings. The lowest BCUT2D eigenvalue weighted by molar-refractivity contribution is 0.280. The number of thioether (sulfide) groups is 1. The van der Waals surface area contributed by atoms with Crippen molar-refractivity contribution in [2.24, 2.45) is 0 Å². The van der Waals surface area contributed by atoms with E-state index in [0.29, 0.717) is 0 Å². The van der Waals surface area contributed by atoms with Crippen molar-refractivity contribution >= 4 is 11.8 Å². The highest BCUT2D eigenvalue weighted by atomic mass is 32.2. The summed E-state index contributed by atoms with van der Waals surface area (Å²) >= 11 is 1.60. The monoisotopic (exact) mass is 246 g/mol. The third-order valence-electron chi connectivity index (χ3n) is 2.31. The van der Waals surface area contributed by atoms with E-state index in [0.717, 1.165) is 16.5 Å². The van der Waals surface area contributed by atoms with Crippen molar-refractivity contribution in [1.82, 2.24) is 9.97 Å². The van der Waals surface area contributed by atoms with Crippen LogP contribution in [-0.2, 0) is 12.4 Å². The fourth-order valence-electron chi connectivity index (χ4n) is 1.45. The van der Waals surface area contributed by atoms with E-state index in [1.165, 1.54) is 11.1 Å². The van der Waals surface area contributed by atoms with E-state index >= 15 is 0 Å². The Balaban J connectivity index is 1.97. The number of benzene rings is 1. The molecule has 0 radical (unpaired) electrons. The summed E-state index contributed by atoms with van der Waals surface area (Å²) < 4.78 is 0. The molecule has 4 heteroatoms. The molecule has 1 heterocycles. The molecule has 0 unspecified atom stereocenters. The first-order chi connectivity index (χ1) is 8.28. The molecule has 1 aromatic carbocycles. The molecule has 17 heavy (non-hydrogen) atoms. The third kappa shape index (κ3) is 3.54. The molecule has 0 aliphatic rings.